The molecule has 0 aromatic rings. The second-order valence-electron chi connectivity index (χ2n) is 6.41. The maximum atomic E-state index is 10.8. The molecule has 0 amide bonds. The summed E-state index contributed by atoms with van der Waals surface area (Å²) in [5, 5.41) is 8.90. The van der Waals surface area contributed by atoms with E-state index in [0.29, 0.717) is 17.8 Å². The van der Waals surface area contributed by atoms with Gasteiger partial charge in [0.05, 0.1) is 0 Å². The number of carbonyl (C=O) groups is 1. The molecule has 0 aromatic carbocycles. The second-order valence-corrected chi connectivity index (χ2v) is 6.41. The number of carboxylic acids is 1. The van der Waals surface area contributed by atoms with Crippen LogP contribution in [0.15, 0.2) is 0 Å². The zero-order chi connectivity index (χ0) is 13.3. The van der Waals surface area contributed by atoms with Gasteiger partial charge in [-0.25, -0.2) is 0 Å². The van der Waals surface area contributed by atoms with E-state index in [1.54, 1.807) is 0 Å². The fourth-order valence-electron chi connectivity index (χ4n) is 2.20. The van der Waals surface area contributed by atoms with Crippen molar-refractivity contribution in [3.63, 3.8) is 0 Å². The first-order chi connectivity index (χ1) is 7.85. The Balaban J connectivity index is 3.88. The molecule has 0 fully saturated rings. The summed E-state index contributed by atoms with van der Waals surface area (Å²) in [5.41, 5.74) is 0.372. The molecule has 2 nitrogen and oxygen atoms in total. The van der Waals surface area contributed by atoms with Crippen LogP contribution in [0.2, 0.25) is 0 Å². The normalized spacial score (nSPS) is 13.6. The Morgan fingerprint density at radius 1 is 1.12 bits per heavy atom. The van der Waals surface area contributed by atoms with Crippen LogP contribution >= 0.6 is 0 Å². The Bertz CT molecular complexity index is 203. The SMILES string of the molecule is CCCCCC(CCCC(C)(C)C)CC(=O)O. The Morgan fingerprint density at radius 2 is 1.71 bits per heavy atom. The van der Waals surface area contributed by atoms with Crippen molar-refractivity contribution in [2.45, 2.75) is 79.1 Å². The third kappa shape index (κ3) is 11.7. The molecule has 0 aromatic heterocycles. The van der Waals surface area contributed by atoms with E-state index in [1.165, 1.54) is 25.7 Å². The van der Waals surface area contributed by atoms with Crippen molar-refractivity contribution in [3.05, 3.63) is 0 Å². The summed E-state index contributed by atoms with van der Waals surface area (Å²) in [4.78, 5) is 10.8. The Hall–Kier alpha value is -0.530. The molecular weight excluding hydrogens is 212 g/mol. The molecule has 1 atom stereocenters. The third-order valence-corrected chi connectivity index (χ3v) is 3.22. The Labute approximate surface area is 107 Å². The number of carboxylic acid groups (broad SMARTS) is 1. The maximum Gasteiger partial charge on any atom is 0.303 e. The van der Waals surface area contributed by atoms with Gasteiger partial charge >= 0.3 is 5.97 Å². The lowest BCUT2D eigenvalue weighted by Gasteiger charge is -2.20. The molecule has 0 aliphatic heterocycles. The number of hydrogen-bond acceptors (Lipinski definition) is 1. The molecule has 0 saturated carbocycles. The van der Waals surface area contributed by atoms with Crippen LogP contribution in [0.1, 0.15) is 79.1 Å². The first-order valence-electron chi connectivity index (χ1n) is 7.07. The summed E-state index contributed by atoms with van der Waals surface area (Å²) < 4.78 is 0. The predicted molar refractivity (Wildman–Crippen MR) is 73.2 cm³/mol. The molecule has 0 radical (unpaired) electrons. The van der Waals surface area contributed by atoms with Crippen molar-refractivity contribution in [3.8, 4) is 0 Å². The molecule has 0 bridgehead atoms. The molecule has 0 spiro atoms. The summed E-state index contributed by atoms with van der Waals surface area (Å²) in [6, 6.07) is 0. The van der Waals surface area contributed by atoms with Crippen molar-refractivity contribution in [1.82, 2.24) is 0 Å². The van der Waals surface area contributed by atoms with Crippen LogP contribution in [0.3, 0.4) is 0 Å². The summed E-state index contributed by atoms with van der Waals surface area (Å²) in [6.07, 6.45) is 8.50. The number of unbranched alkanes of at least 4 members (excludes halogenated alkanes) is 2. The Kier molecular flexibility index (Phi) is 8.28. The zero-order valence-corrected chi connectivity index (χ0v) is 12.1. The van der Waals surface area contributed by atoms with Crippen molar-refractivity contribution in [2.24, 2.45) is 11.3 Å². The van der Waals surface area contributed by atoms with Crippen LogP contribution in [0, 0.1) is 11.3 Å². The van der Waals surface area contributed by atoms with Gasteiger partial charge in [-0.15, -0.1) is 0 Å². The highest BCUT2D eigenvalue weighted by atomic mass is 16.4. The molecule has 1 N–H and O–H groups in total. The van der Waals surface area contributed by atoms with E-state index in [4.69, 9.17) is 5.11 Å². The average molecular weight is 242 g/mol. The first-order valence-corrected chi connectivity index (χ1v) is 7.07. The lowest BCUT2D eigenvalue weighted by molar-refractivity contribution is -0.138. The molecule has 0 saturated heterocycles. The Morgan fingerprint density at radius 3 is 2.18 bits per heavy atom. The fourth-order valence-corrected chi connectivity index (χ4v) is 2.20. The molecular formula is C15H30O2. The lowest BCUT2D eigenvalue weighted by Crippen LogP contribution is -2.10. The highest BCUT2D eigenvalue weighted by Gasteiger charge is 2.15. The van der Waals surface area contributed by atoms with E-state index in [1.807, 2.05) is 0 Å². The van der Waals surface area contributed by atoms with Crippen LogP contribution in [-0.4, -0.2) is 11.1 Å². The van der Waals surface area contributed by atoms with Gasteiger partial charge in [0, 0.05) is 6.42 Å². The van der Waals surface area contributed by atoms with Crippen LogP contribution in [0.4, 0.5) is 0 Å². The third-order valence-electron chi connectivity index (χ3n) is 3.22. The molecule has 17 heavy (non-hydrogen) atoms. The fraction of sp³-hybridized carbons (Fsp3) is 0.933. The van der Waals surface area contributed by atoms with Crippen LogP contribution in [-0.2, 0) is 4.79 Å². The summed E-state index contributed by atoms with van der Waals surface area (Å²) >= 11 is 0. The number of rotatable bonds is 9. The highest BCUT2D eigenvalue weighted by Crippen LogP contribution is 2.26. The minimum absolute atomic E-state index is 0.355. The quantitative estimate of drug-likeness (QED) is 0.585. The average Bonchev–Trinajstić information content (AvgIpc) is 2.14. The lowest BCUT2D eigenvalue weighted by atomic mass is 9.86. The van der Waals surface area contributed by atoms with Crippen molar-refractivity contribution in [2.75, 3.05) is 0 Å². The van der Waals surface area contributed by atoms with Gasteiger partial charge in [0.15, 0.2) is 0 Å². The number of aliphatic carboxylic acids is 1. The van der Waals surface area contributed by atoms with Crippen molar-refractivity contribution >= 4 is 5.97 Å². The van der Waals surface area contributed by atoms with Crippen LogP contribution in [0.25, 0.3) is 0 Å². The second kappa shape index (κ2) is 8.54. The van der Waals surface area contributed by atoms with Crippen LogP contribution < -0.4 is 0 Å². The molecule has 0 rings (SSSR count). The van der Waals surface area contributed by atoms with Gasteiger partial charge in [0.2, 0.25) is 0 Å². The smallest absolute Gasteiger partial charge is 0.303 e. The molecule has 2 heteroatoms. The largest absolute Gasteiger partial charge is 0.481 e. The highest BCUT2D eigenvalue weighted by molar-refractivity contribution is 5.66. The summed E-state index contributed by atoms with van der Waals surface area (Å²) in [7, 11) is 0. The standard InChI is InChI=1S/C15H30O2/c1-5-6-7-9-13(12-14(16)17)10-8-11-15(2,3)4/h13H,5-12H2,1-4H3,(H,16,17). The topological polar surface area (TPSA) is 37.3 Å². The van der Waals surface area contributed by atoms with E-state index in [2.05, 4.69) is 27.7 Å². The van der Waals surface area contributed by atoms with Crippen molar-refractivity contribution < 1.29 is 9.90 Å². The van der Waals surface area contributed by atoms with Crippen LogP contribution in [0.5, 0.6) is 0 Å². The van der Waals surface area contributed by atoms with Gasteiger partial charge in [-0.1, -0.05) is 53.4 Å². The zero-order valence-electron chi connectivity index (χ0n) is 12.1. The van der Waals surface area contributed by atoms with Gasteiger partial charge in [0.1, 0.15) is 0 Å². The van der Waals surface area contributed by atoms with Gasteiger partial charge < -0.3 is 5.11 Å². The summed E-state index contributed by atoms with van der Waals surface area (Å²) in [5.74, 6) is -0.247. The predicted octanol–water partition coefficient (Wildman–Crippen LogP) is 4.87. The van der Waals surface area contributed by atoms with E-state index in [-0.39, 0.29) is 0 Å². The van der Waals surface area contributed by atoms with Gasteiger partial charge in [-0.2, -0.15) is 0 Å². The molecule has 102 valence electrons. The maximum absolute atomic E-state index is 10.8. The monoisotopic (exact) mass is 242 g/mol. The number of hydrogen-bond donors (Lipinski definition) is 1. The van der Waals surface area contributed by atoms with Gasteiger partial charge in [0.25, 0.3) is 0 Å². The van der Waals surface area contributed by atoms with E-state index in [0.717, 1.165) is 19.3 Å². The molecule has 0 aliphatic rings. The van der Waals surface area contributed by atoms with Crippen molar-refractivity contribution in [1.29, 1.82) is 0 Å². The molecule has 0 heterocycles. The minimum atomic E-state index is -0.637. The summed E-state index contributed by atoms with van der Waals surface area (Å²) in [6.45, 7) is 8.93. The first kappa shape index (κ1) is 16.5. The van der Waals surface area contributed by atoms with Gasteiger partial charge in [-0.3, -0.25) is 4.79 Å². The van der Waals surface area contributed by atoms with Gasteiger partial charge in [-0.05, 0) is 30.6 Å². The molecule has 1 unspecified atom stereocenters. The van der Waals surface area contributed by atoms with E-state index < -0.39 is 5.97 Å². The van der Waals surface area contributed by atoms with E-state index >= 15 is 0 Å². The minimum Gasteiger partial charge on any atom is -0.481 e. The van der Waals surface area contributed by atoms with E-state index in [9.17, 15) is 4.79 Å². The molecule has 0 aliphatic carbocycles.